The summed E-state index contributed by atoms with van der Waals surface area (Å²) in [5.74, 6) is -1.29. The van der Waals surface area contributed by atoms with Crippen molar-refractivity contribution in [3.05, 3.63) is 89.5 Å². The van der Waals surface area contributed by atoms with Gasteiger partial charge >= 0.3 is 23.9 Å². The van der Waals surface area contributed by atoms with E-state index < -0.39 is 30.0 Å². The maximum absolute atomic E-state index is 12.6. The van der Waals surface area contributed by atoms with E-state index in [-0.39, 0.29) is 29.2 Å². The SMILES string of the molecule is CCCCCCCCCOc1ccc(C(=O)Oc2ccc(C(=O)Oc3ccc(C(=O)O[C@@H](C)C(=O)OCCCCC)cc3)cc2)cc1. The maximum atomic E-state index is 12.6. The van der Waals surface area contributed by atoms with Crippen LogP contribution in [0.4, 0.5) is 0 Å². The molecule has 252 valence electrons. The van der Waals surface area contributed by atoms with E-state index in [1.807, 2.05) is 6.92 Å². The minimum atomic E-state index is -1.05. The van der Waals surface area contributed by atoms with Crippen LogP contribution in [-0.4, -0.2) is 43.2 Å². The van der Waals surface area contributed by atoms with Crippen molar-refractivity contribution >= 4 is 23.9 Å². The Labute approximate surface area is 277 Å². The number of hydrogen-bond acceptors (Lipinski definition) is 9. The standard InChI is InChI=1S/C38H46O9/c1-4-6-8-9-10-11-13-26-43-32-20-14-30(15-21-32)37(41)46-34-24-18-31(19-25-34)38(42)47-33-22-16-29(17-23-33)36(40)45-28(3)35(39)44-27-12-7-5-2/h14-25,28H,4-13,26-27H2,1-3H3/t28-/m0/s1. The molecule has 3 aromatic carbocycles. The Balaban J connectivity index is 1.41. The highest BCUT2D eigenvalue weighted by atomic mass is 16.6. The first-order chi connectivity index (χ1) is 22.8. The van der Waals surface area contributed by atoms with Crippen molar-refractivity contribution in [3.63, 3.8) is 0 Å². The number of carbonyl (C=O) groups is 4. The quantitative estimate of drug-likeness (QED) is 0.0677. The van der Waals surface area contributed by atoms with Crippen molar-refractivity contribution in [2.24, 2.45) is 0 Å². The fourth-order valence-corrected chi connectivity index (χ4v) is 4.51. The second-order valence-electron chi connectivity index (χ2n) is 11.2. The molecule has 3 rings (SSSR count). The summed E-state index contributed by atoms with van der Waals surface area (Å²) in [5, 5.41) is 0. The van der Waals surface area contributed by atoms with Crippen LogP contribution in [0.5, 0.6) is 17.2 Å². The zero-order valence-electron chi connectivity index (χ0n) is 27.7. The minimum absolute atomic E-state index is 0.187. The zero-order valence-corrected chi connectivity index (χ0v) is 27.7. The fourth-order valence-electron chi connectivity index (χ4n) is 4.51. The van der Waals surface area contributed by atoms with Crippen LogP contribution in [-0.2, 0) is 14.3 Å². The fraction of sp³-hybridized carbons (Fsp3) is 0.421. The number of esters is 4. The molecule has 0 aromatic heterocycles. The molecule has 47 heavy (non-hydrogen) atoms. The average molecular weight is 647 g/mol. The monoisotopic (exact) mass is 646 g/mol. The Bertz CT molecular complexity index is 1400. The first-order valence-corrected chi connectivity index (χ1v) is 16.6. The van der Waals surface area contributed by atoms with E-state index in [2.05, 4.69) is 6.92 Å². The lowest BCUT2D eigenvalue weighted by Gasteiger charge is -2.13. The number of carbonyl (C=O) groups excluding carboxylic acids is 4. The van der Waals surface area contributed by atoms with E-state index >= 15 is 0 Å². The number of benzene rings is 3. The number of hydrogen-bond donors (Lipinski definition) is 0. The Hall–Kier alpha value is -4.66. The lowest BCUT2D eigenvalue weighted by atomic mass is 10.1. The van der Waals surface area contributed by atoms with Gasteiger partial charge in [-0.25, -0.2) is 19.2 Å². The molecule has 0 spiro atoms. The van der Waals surface area contributed by atoms with Gasteiger partial charge < -0.3 is 23.7 Å². The van der Waals surface area contributed by atoms with E-state index in [4.69, 9.17) is 23.7 Å². The molecule has 9 nitrogen and oxygen atoms in total. The molecule has 0 saturated carbocycles. The van der Waals surface area contributed by atoms with Crippen molar-refractivity contribution in [1.29, 1.82) is 0 Å². The van der Waals surface area contributed by atoms with Gasteiger partial charge in [-0.05, 0) is 92.6 Å². The highest BCUT2D eigenvalue weighted by Gasteiger charge is 2.20. The van der Waals surface area contributed by atoms with Crippen molar-refractivity contribution in [3.8, 4) is 17.2 Å². The summed E-state index contributed by atoms with van der Waals surface area (Å²) in [6.45, 7) is 6.64. The van der Waals surface area contributed by atoms with Crippen molar-refractivity contribution in [2.75, 3.05) is 13.2 Å². The molecule has 0 amide bonds. The number of ether oxygens (including phenoxy) is 5. The van der Waals surface area contributed by atoms with Gasteiger partial charge in [-0.1, -0.05) is 65.2 Å². The Morgan fingerprint density at radius 1 is 0.511 bits per heavy atom. The summed E-state index contributed by atoms with van der Waals surface area (Å²) in [6.07, 6.45) is 10.2. The van der Waals surface area contributed by atoms with Crippen LogP contribution in [0.2, 0.25) is 0 Å². The summed E-state index contributed by atoms with van der Waals surface area (Å²) in [7, 11) is 0. The summed E-state index contributed by atoms with van der Waals surface area (Å²) in [6, 6.07) is 18.6. The first kappa shape index (κ1) is 36.8. The molecular weight excluding hydrogens is 600 g/mol. The third-order valence-corrected chi connectivity index (χ3v) is 7.32. The van der Waals surface area contributed by atoms with Crippen LogP contribution in [0.15, 0.2) is 72.8 Å². The lowest BCUT2D eigenvalue weighted by Crippen LogP contribution is -2.26. The molecule has 0 aliphatic carbocycles. The van der Waals surface area contributed by atoms with Crippen LogP contribution >= 0.6 is 0 Å². The van der Waals surface area contributed by atoms with Crippen molar-refractivity contribution in [1.82, 2.24) is 0 Å². The molecule has 0 N–H and O–H groups in total. The molecule has 0 aliphatic rings. The molecule has 0 unspecified atom stereocenters. The molecule has 0 aliphatic heterocycles. The zero-order chi connectivity index (χ0) is 33.9. The van der Waals surface area contributed by atoms with E-state index in [1.54, 1.807) is 24.3 Å². The third-order valence-electron chi connectivity index (χ3n) is 7.32. The molecule has 0 heterocycles. The van der Waals surface area contributed by atoms with Gasteiger partial charge in [-0.3, -0.25) is 0 Å². The smallest absolute Gasteiger partial charge is 0.347 e. The minimum Gasteiger partial charge on any atom is -0.494 e. The van der Waals surface area contributed by atoms with Crippen LogP contribution < -0.4 is 14.2 Å². The van der Waals surface area contributed by atoms with Gasteiger partial charge in [0.05, 0.1) is 29.9 Å². The molecule has 0 radical (unpaired) electrons. The van der Waals surface area contributed by atoms with Crippen LogP contribution in [0, 0.1) is 0 Å². The molecule has 0 fully saturated rings. The van der Waals surface area contributed by atoms with E-state index in [9.17, 15) is 19.2 Å². The normalized spacial score (nSPS) is 11.3. The van der Waals surface area contributed by atoms with Gasteiger partial charge in [0, 0.05) is 0 Å². The van der Waals surface area contributed by atoms with Gasteiger partial charge in [0.1, 0.15) is 17.2 Å². The molecule has 1 atom stereocenters. The van der Waals surface area contributed by atoms with Gasteiger partial charge in [0.2, 0.25) is 0 Å². The largest absolute Gasteiger partial charge is 0.494 e. The Morgan fingerprint density at radius 2 is 0.915 bits per heavy atom. The predicted octanol–water partition coefficient (Wildman–Crippen LogP) is 8.53. The number of rotatable bonds is 20. The highest BCUT2D eigenvalue weighted by molar-refractivity contribution is 5.93. The van der Waals surface area contributed by atoms with Gasteiger partial charge in [-0.15, -0.1) is 0 Å². The van der Waals surface area contributed by atoms with Crippen molar-refractivity contribution < 1.29 is 42.9 Å². The highest BCUT2D eigenvalue weighted by Crippen LogP contribution is 2.20. The Morgan fingerprint density at radius 3 is 1.43 bits per heavy atom. The summed E-state index contributed by atoms with van der Waals surface area (Å²) >= 11 is 0. The van der Waals surface area contributed by atoms with Crippen LogP contribution in [0.1, 0.15) is 116 Å². The maximum Gasteiger partial charge on any atom is 0.347 e. The topological polar surface area (TPSA) is 114 Å². The van der Waals surface area contributed by atoms with Crippen molar-refractivity contribution in [2.45, 2.75) is 91.1 Å². The molecular formula is C38H46O9. The molecule has 9 heteroatoms. The van der Waals surface area contributed by atoms with E-state index in [0.29, 0.717) is 17.9 Å². The number of unbranched alkanes of at least 4 members (excludes halogenated alkanes) is 8. The molecule has 3 aromatic rings. The molecule has 0 saturated heterocycles. The second-order valence-corrected chi connectivity index (χ2v) is 11.2. The lowest BCUT2D eigenvalue weighted by molar-refractivity contribution is -0.153. The Kier molecular flexibility index (Phi) is 16.0. The van der Waals surface area contributed by atoms with E-state index in [1.165, 1.54) is 87.6 Å². The first-order valence-electron chi connectivity index (χ1n) is 16.6. The van der Waals surface area contributed by atoms with Crippen LogP contribution in [0.25, 0.3) is 0 Å². The predicted molar refractivity (Wildman–Crippen MR) is 178 cm³/mol. The van der Waals surface area contributed by atoms with Gasteiger partial charge in [-0.2, -0.15) is 0 Å². The van der Waals surface area contributed by atoms with Crippen LogP contribution in [0.3, 0.4) is 0 Å². The molecule has 0 bridgehead atoms. The summed E-state index contributed by atoms with van der Waals surface area (Å²) in [4.78, 5) is 49.7. The summed E-state index contributed by atoms with van der Waals surface area (Å²) in [5.41, 5.74) is 0.801. The van der Waals surface area contributed by atoms with E-state index in [0.717, 1.165) is 32.1 Å². The second kappa shape index (κ2) is 20.5. The van der Waals surface area contributed by atoms with Gasteiger partial charge in [0.15, 0.2) is 6.10 Å². The van der Waals surface area contributed by atoms with Gasteiger partial charge in [0.25, 0.3) is 0 Å². The average Bonchev–Trinajstić information content (AvgIpc) is 3.08. The summed E-state index contributed by atoms with van der Waals surface area (Å²) < 4.78 is 26.9. The third kappa shape index (κ3) is 13.3.